The molecule has 1 aliphatic carbocycles. The van der Waals surface area contributed by atoms with Crippen molar-refractivity contribution in [2.24, 2.45) is 5.92 Å². The van der Waals surface area contributed by atoms with Crippen LogP contribution in [0.2, 0.25) is 0 Å². The van der Waals surface area contributed by atoms with Crippen LogP contribution in [0.1, 0.15) is 36.3 Å². The quantitative estimate of drug-likeness (QED) is 0.658. The number of pyridine rings is 2. The Labute approximate surface area is 164 Å². The third-order valence-electron chi connectivity index (χ3n) is 5.18. The van der Waals surface area contributed by atoms with Crippen LogP contribution in [-0.2, 0) is 6.54 Å². The van der Waals surface area contributed by atoms with Crippen molar-refractivity contribution in [1.29, 1.82) is 0 Å². The molecule has 0 radical (unpaired) electrons. The van der Waals surface area contributed by atoms with Crippen LogP contribution in [-0.4, -0.2) is 26.1 Å². The lowest BCUT2D eigenvalue weighted by Crippen LogP contribution is -2.17. The molecular formula is C22H24N4O2. The molecule has 0 unspecified atom stereocenters. The summed E-state index contributed by atoms with van der Waals surface area (Å²) in [6.07, 6.45) is 6.60. The van der Waals surface area contributed by atoms with Crippen molar-refractivity contribution in [1.82, 2.24) is 19.5 Å². The maximum Gasteiger partial charge on any atom is 0.250 e. The van der Waals surface area contributed by atoms with Gasteiger partial charge in [-0.05, 0) is 44.9 Å². The molecule has 3 aromatic heterocycles. The molecule has 4 rings (SSSR count). The van der Waals surface area contributed by atoms with E-state index in [1.807, 2.05) is 33.2 Å². The van der Waals surface area contributed by atoms with Crippen LogP contribution in [0.25, 0.3) is 11.1 Å². The molecule has 0 saturated heterocycles. The van der Waals surface area contributed by atoms with E-state index < -0.39 is 0 Å². The van der Waals surface area contributed by atoms with Crippen LogP contribution in [0.15, 0.2) is 47.7 Å². The highest BCUT2D eigenvalue weighted by Gasteiger charge is 2.40. The standard InChI is InChI=1S/C22H24N4O2/c1-4-26-12-16(6-8-21(26)27)19-11-23-15(3)25-22(19)28-13-17-9-18(17)20-7-5-14(2)10-24-20/h5-8,10-12,17-18H,4,9,13H2,1-3H3/t17-,18+/m1/s1. The highest BCUT2D eigenvalue weighted by Crippen LogP contribution is 2.47. The first kappa shape index (κ1) is 18.3. The molecule has 1 fully saturated rings. The Morgan fingerprint density at radius 2 is 2.00 bits per heavy atom. The lowest BCUT2D eigenvalue weighted by molar-refractivity contribution is 0.285. The highest BCUT2D eigenvalue weighted by atomic mass is 16.5. The minimum atomic E-state index is -0.0202. The predicted octanol–water partition coefficient (Wildman–Crippen LogP) is 3.52. The van der Waals surface area contributed by atoms with E-state index in [0.717, 1.165) is 23.2 Å². The average molecular weight is 376 g/mol. The predicted molar refractivity (Wildman–Crippen MR) is 107 cm³/mol. The van der Waals surface area contributed by atoms with Gasteiger partial charge in [0.05, 0.1) is 12.2 Å². The zero-order valence-electron chi connectivity index (χ0n) is 16.4. The second-order valence-corrected chi connectivity index (χ2v) is 7.35. The summed E-state index contributed by atoms with van der Waals surface area (Å²) in [5.74, 6) is 2.13. The van der Waals surface area contributed by atoms with Crippen LogP contribution in [0.5, 0.6) is 5.88 Å². The topological polar surface area (TPSA) is 69.9 Å². The van der Waals surface area contributed by atoms with Crippen LogP contribution < -0.4 is 10.3 Å². The fourth-order valence-corrected chi connectivity index (χ4v) is 3.37. The van der Waals surface area contributed by atoms with Gasteiger partial charge < -0.3 is 9.30 Å². The third kappa shape index (κ3) is 3.81. The number of nitrogens with zero attached hydrogens (tertiary/aromatic N) is 4. The van der Waals surface area contributed by atoms with Gasteiger partial charge in [0.1, 0.15) is 5.82 Å². The Kier molecular flexibility index (Phi) is 4.94. The van der Waals surface area contributed by atoms with Gasteiger partial charge in [-0.1, -0.05) is 6.07 Å². The van der Waals surface area contributed by atoms with E-state index in [9.17, 15) is 4.79 Å². The van der Waals surface area contributed by atoms with Crippen LogP contribution in [0, 0.1) is 19.8 Å². The summed E-state index contributed by atoms with van der Waals surface area (Å²) in [5.41, 5.74) is 3.97. The smallest absolute Gasteiger partial charge is 0.250 e. The zero-order chi connectivity index (χ0) is 19.7. The Bertz CT molecular complexity index is 1040. The second kappa shape index (κ2) is 7.54. The molecule has 3 aromatic rings. The molecule has 0 N–H and O–H groups in total. The summed E-state index contributed by atoms with van der Waals surface area (Å²) < 4.78 is 7.77. The Balaban J connectivity index is 1.52. The van der Waals surface area contributed by atoms with Gasteiger partial charge in [-0.2, -0.15) is 4.98 Å². The van der Waals surface area contributed by atoms with Gasteiger partial charge in [-0.25, -0.2) is 4.98 Å². The van der Waals surface area contributed by atoms with E-state index in [1.54, 1.807) is 22.9 Å². The van der Waals surface area contributed by atoms with Crippen molar-refractivity contribution in [2.75, 3.05) is 6.61 Å². The monoisotopic (exact) mass is 376 g/mol. The van der Waals surface area contributed by atoms with Crippen LogP contribution >= 0.6 is 0 Å². The van der Waals surface area contributed by atoms with E-state index in [1.165, 1.54) is 5.56 Å². The Hall–Kier alpha value is -3.02. The number of aromatic nitrogens is 4. The van der Waals surface area contributed by atoms with Crippen molar-refractivity contribution >= 4 is 0 Å². The molecule has 0 bridgehead atoms. The molecule has 6 heteroatoms. The summed E-state index contributed by atoms with van der Waals surface area (Å²) in [6.45, 7) is 7.05. The summed E-state index contributed by atoms with van der Waals surface area (Å²) in [7, 11) is 0. The molecule has 3 heterocycles. The molecule has 0 spiro atoms. The largest absolute Gasteiger partial charge is 0.477 e. The van der Waals surface area contributed by atoms with Gasteiger partial charge in [0.15, 0.2) is 0 Å². The Morgan fingerprint density at radius 3 is 2.75 bits per heavy atom. The van der Waals surface area contributed by atoms with Gasteiger partial charge in [0, 0.05) is 54.3 Å². The van der Waals surface area contributed by atoms with E-state index in [-0.39, 0.29) is 5.56 Å². The van der Waals surface area contributed by atoms with Gasteiger partial charge in [0.2, 0.25) is 5.88 Å². The Morgan fingerprint density at radius 1 is 1.14 bits per heavy atom. The van der Waals surface area contributed by atoms with E-state index >= 15 is 0 Å². The van der Waals surface area contributed by atoms with Gasteiger partial charge in [-0.15, -0.1) is 0 Å². The first-order valence-corrected chi connectivity index (χ1v) is 9.65. The number of rotatable bonds is 6. The van der Waals surface area contributed by atoms with Crippen molar-refractivity contribution in [2.45, 2.75) is 39.7 Å². The summed E-state index contributed by atoms with van der Waals surface area (Å²) in [5, 5.41) is 0. The lowest BCUT2D eigenvalue weighted by atomic mass is 10.1. The van der Waals surface area contributed by atoms with E-state index in [0.29, 0.717) is 36.7 Å². The van der Waals surface area contributed by atoms with E-state index in [2.05, 4.69) is 27.1 Å². The first-order valence-electron chi connectivity index (χ1n) is 9.65. The number of aryl methyl sites for hydroxylation is 3. The molecule has 1 aliphatic rings. The van der Waals surface area contributed by atoms with E-state index in [4.69, 9.17) is 4.74 Å². The third-order valence-corrected chi connectivity index (χ3v) is 5.18. The van der Waals surface area contributed by atoms with Crippen molar-refractivity contribution in [3.8, 4) is 17.0 Å². The molecule has 0 aliphatic heterocycles. The normalized spacial score (nSPS) is 18.1. The minimum absolute atomic E-state index is 0.0202. The van der Waals surface area contributed by atoms with Gasteiger partial charge in [-0.3, -0.25) is 9.78 Å². The van der Waals surface area contributed by atoms with Crippen molar-refractivity contribution in [3.63, 3.8) is 0 Å². The zero-order valence-corrected chi connectivity index (χ0v) is 16.4. The molecular weight excluding hydrogens is 352 g/mol. The maximum atomic E-state index is 11.9. The van der Waals surface area contributed by atoms with Crippen molar-refractivity contribution < 1.29 is 4.74 Å². The summed E-state index contributed by atoms with van der Waals surface area (Å²) in [6, 6.07) is 7.58. The minimum Gasteiger partial charge on any atom is -0.477 e. The molecule has 2 atom stereocenters. The number of hydrogen-bond acceptors (Lipinski definition) is 5. The fourth-order valence-electron chi connectivity index (χ4n) is 3.37. The molecule has 0 amide bonds. The number of hydrogen-bond donors (Lipinski definition) is 0. The summed E-state index contributed by atoms with van der Waals surface area (Å²) in [4.78, 5) is 25.2. The molecule has 144 valence electrons. The van der Waals surface area contributed by atoms with Crippen molar-refractivity contribution in [3.05, 3.63) is 70.3 Å². The summed E-state index contributed by atoms with van der Waals surface area (Å²) >= 11 is 0. The number of ether oxygens (including phenoxy) is 1. The van der Waals surface area contributed by atoms with Crippen LogP contribution in [0.4, 0.5) is 0 Å². The average Bonchev–Trinajstić information content (AvgIpc) is 3.47. The molecule has 0 aromatic carbocycles. The highest BCUT2D eigenvalue weighted by molar-refractivity contribution is 5.66. The molecule has 1 saturated carbocycles. The maximum absolute atomic E-state index is 11.9. The SMILES string of the molecule is CCn1cc(-c2cnc(C)nc2OC[C@H]2C[C@@H]2c2ccc(C)cn2)ccc1=O. The van der Waals surface area contributed by atoms with Gasteiger partial charge in [0.25, 0.3) is 5.56 Å². The molecule has 6 nitrogen and oxygen atoms in total. The molecule has 28 heavy (non-hydrogen) atoms. The van der Waals surface area contributed by atoms with Gasteiger partial charge >= 0.3 is 0 Å². The lowest BCUT2D eigenvalue weighted by Gasteiger charge is -2.12. The first-order chi connectivity index (χ1) is 13.5. The van der Waals surface area contributed by atoms with Crippen LogP contribution in [0.3, 0.4) is 0 Å². The second-order valence-electron chi connectivity index (χ2n) is 7.35. The fraction of sp³-hybridized carbons (Fsp3) is 0.364.